The molecule has 0 aliphatic carbocycles. The number of aromatic nitrogens is 2. The molecule has 0 radical (unpaired) electrons. The fourth-order valence-corrected chi connectivity index (χ4v) is 0.643. The van der Waals surface area contributed by atoms with E-state index < -0.39 is 0 Å². The predicted octanol–water partition coefficient (Wildman–Crippen LogP) is -0.0956. The van der Waals surface area contributed by atoms with E-state index in [0.29, 0.717) is 10.8 Å². The van der Waals surface area contributed by atoms with Crippen molar-refractivity contribution in [2.24, 2.45) is 5.10 Å². The van der Waals surface area contributed by atoms with E-state index in [-0.39, 0.29) is 0 Å². The molecule has 5 nitrogen and oxygen atoms in total. The van der Waals surface area contributed by atoms with E-state index in [1.54, 1.807) is 25.6 Å². The van der Waals surface area contributed by atoms with Gasteiger partial charge in [-0.2, -0.15) is 5.10 Å². The highest BCUT2D eigenvalue weighted by Crippen LogP contribution is 1.82. The van der Waals surface area contributed by atoms with Crippen molar-refractivity contribution < 1.29 is 0 Å². The van der Waals surface area contributed by atoms with E-state index in [1.165, 1.54) is 6.21 Å². The summed E-state index contributed by atoms with van der Waals surface area (Å²) in [7, 11) is 1.72. The fraction of sp³-hybridized carbons (Fsp3) is 0.143. The number of hydrazone groups is 1. The number of hydrogen-bond donors (Lipinski definition) is 2. The van der Waals surface area contributed by atoms with Crippen LogP contribution in [0.5, 0.6) is 0 Å². The molecular weight excluding hydrogens is 186 g/mol. The monoisotopic (exact) mass is 195 g/mol. The van der Waals surface area contributed by atoms with Gasteiger partial charge < -0.3 is 5.32 Å². The lowest BCUT2D eigenvalue weighted by Crippen LogP contribution is -2.28. The van der Waals surface area contributed by atoms with Gasteiger partial charge in [0.05, 0.1) is 12.4 Å². The first-order valence-electron chi connectivity index (χ1n) is 3.59. The smallest absolute Gasteiger partial charge is 0.186 e. The summed E-state index contributed by atoms with van der Waals surface area (Å²) < 4.78 is 0. The number of nitrogens with zero attached hydrogens (tertiary/aromatic N) is 3. The Morgan fingerprint density at radius 1 is 1.62 bits per heavy atom. The van der Waals surface area contributed by atoms with Crippen molar-refractivity contribution in [1.29, 1.82) is 0 Å². The Balaban J connectivity index is 2.45. The lowest BCUT2D eigenvalue weighted by atomic mass is 10.5. The Hall–Kier alpha value is -1.56. The van der Waals surface area contributed by atoms with Gasteiger partial charge in [0.15, 0.2) is 5.11 Å². The molecule has 68 valence electrons. The first-order chi connectivity index (χ1) is 6.33. The van der Waals surface area contributed by atoms with Crippen LogP contribution in [0.4, 0.5) is 0 Å². The molecule has 0 unspecified atom stereocenters. The predicted molar refractivity (Wildman–Crippen MR) is 54.4 cm³/mol. The summed E-state index contributed by atoms with van der Waals surface area (Å²) in [4.78, 5) is 7.86. The van der Waals surface area contributed by atoms with E-state index in [4.69, 9.17) is 12.2 Å². The number of rotatable bonds is 2. The number of thiocarbonyl (C=S) groups is 1. The van der Waals surface area contributed by atoms with Crippen LogP contribution in [0.15, 0.2) is 23.7 Å². The van der Waals surface area contributed by atoms with Crippen molar-refractivity contribution in [3.8, 4) is 0 Å². The van der Waals surface area contributed by atoms with Crippen LogP contribution in [-0.2, 0) is 0 Å². The minimum Gasteiger partial charge on any atom is -0.364 e. The second-order valence-electron chi connectivity index (χ2n) is 2.08. The van der Waals surface area contributed by atoms with Crippen LogP contribution in [0.3, 0.4) is 0 Å². The average Bonchev–Trinajstić information content (AvgIpc) is 2.19. The molecule has 0 saturated heterocycles. The Bertz CT molecular complexity index is 297. The molecule has 0 aromatic carbocycles. The largest absolute Gasteiger partial charge is 0.364 e. The van der Waals surface area contributed by atoms with Crippen LogP contribution in [0.25, 0.3) is 0 Å². The highest BCUT2D eigenvalue weighted by atomic mass is 32.1. The lowest BCUT2D eigenvalue weighted by Gasteiger charge is -1.98. The first-order valence-corrected chi connectivity index (χ1v) is 4.00. The fourth-order valence-electron chi connectivity index (χ4n) is 0.590. The van der Waals surface area contributed by atoms with Crippen LogP contribution >= 0.6 is 12.2 Å². The third kappa shape index (κ3) is 3.57. The van der Waals surface area contributed by atoms with Crippen molar-refractivity contribution in [3.63, 3.8) is 0 Å². The maximum atomic E-state index is 4.80. The molecular formula is C7H9N5S. The zero-order valence-corrected chi connectivity index (χ0v) is 7.88. The Morgan fingerprint density at radius 2 is 2.46 bits per heavy atom. The number of hydrogen-bond acceptors (Lipinski definition) is 4. The molecule has 0 spiro atoms. The molecule has 2 N–H and O–H groups in total. The standard InChI is InChI=1S/C7H9N5S/c1-8-7(13)12-11-5-6-4-9-2-3-10-6/h2-5H,1H3,(H2,8,12,13). The SMILES string of the molecule is CNC(=S)NN=Cc1cnccn1. The summed E-state index contributed by atoms with van der Waals surface area (Å²) in [6.45, 7) is 0. The molecule has 0 saturated carbocycles. The summed E-state index contributed by atoms with van der Waals surface area (Å²) in [6.07, 6.45) is 6.34. The maximum Gasteiger partial charge on any atom is 0.186 e. The van der Waals surface area contributed by atoms with Gasteiger partial charge in [-0.25, -0.2) is 0 Å². The summed E-state index contributed by atoms with van der Waals surface area (Å²) in [6, 6.07) is 0. The van der Waals surface area contributed by atoms with E-state index in [0.717, 1.165) is 0 Å². The molecule has 1 aromatic rings. The Kier molecular flexibility index (Phi) is 3.77. The van der Waals surface area contributed by atoms with Crippen molar-refractivity contribution in [2.75, 3.05) is 7.05 Å². The van der Waals surface area contributed by atoms with Crippen molar-refractivity contribution in [3.05, 3.63) is 24.3 Å². The molecule has 1 rings (SSSR count). The molecule has 1 aromatic heterocycles. The topological polar surface area (TPSA) is 62.2 Å². The van der Waals surface area contributed by atoms with Crippen LogP contribution in [0.2, 0.25) is 0 Å². The second kappa shape index (κ2) is 5.15. The third-order valence-electron chi connectivity index (χ3n) is 1.17. The van der Waals surface area contributed by atoms with Gasteiger partial charge in [-0.15, -0.1) is 0 Å². The van der Waals surface area contributed by atoms with Crippen LogP contribution < -0.4 is 10.7 Å². The minimum absolute atomic E-state index is 0.458. The highest BCUT2D eigenvalue weighted by Gasteiger charge is 1.87. The van der Waals surface area contributed by atoms with Gasteiger partial charge in [-0.3, -0.25) is 15.4 Å². The molecule has 0 atom stereocenters. The quantitative estimate of drug-likeness (QED) is 0.392. The maximum absolute atomic E-state index is 4.80. The molecule has 6 heteroatoms. The average molecular weight is 195 g/mol. The van der Waals surface area contributed by atoms with Gasteiger partial charge in [0.1, 0.15) is 5.69 Å². The third-order valence-corrected chi connectivity index (χ3v) is 1.47. The van der Waals surface area contributed by atoms with E-state index >= 15 is 0 Å². The van der Waals surface area contributed by atoms with Crippen molar-refractivity contribution >= 4 is 23.5 Å². The molecule has 0 bridgehead atoms. The summed E-state index contributed by atoms with van der Waals surface area (Å²) in [5.74, 6) is 0. The van der Waals surface area contributed by atoms with E-state index in [2.05, 4.69) is 25.8 Å². The van der Waals surface area contributed by atoms with E-state index in [1.807, 2.05) is 0 Å². The molecule has 0 amide bonds. The van der Waals surface area contributed by atoms with E-state index in [9.17, 15) is 0 Å². The van der Waals surface area contributed by atoms with Crippen molar-refractivity contribution in [1.82, 2.24) is 20.7 Å². The summed E-state index contributed by atoms with van der Waals surface area (Å²) >= 11 is 4.80. The highest BCUT2D eigenvalue weighted by molar-refractivity contribution is 7.80. The van der Waals surface area contributed by atoms with Crippen molar-refractivity contribution in [2.45, 2.75) is 0 Å². The van der Waals surface area contributed by atoms with Crippen LogP contribution in [-0.4, -0.2) is 28.3 Å². The van der Waals surface area contributed by atoms with Gasteiger partial charge in [-0.05, 0) is 12.2 Å². The molecule has 1 heterocycles. The van der Waals surface area contributed by atoms with Gasteiger partial charge >= 0.3 is 0 Å². The zero-order valence-electron chi connectivity index (χ0n) is 7.06. The Morgan fingerprint density at radius 3 is 3.08 bits per heavy atom. The van der Waals surface area contributed by atoms with Crippen LogP contribution in [0.1, 0.15) is 5.69 Å². The van der Waals surface area contributed by atoms with Gasteiger partial charge in [-0.1, -0.05) is 0 Å². The normalized spacial score (nSPS) is 9.92. The first kappa shape index (κ1) is 9.53. The second-order valence-corrected chi connectivity index (χ2v) is 2.49. The summed E-state index contributed by atoms with van der Waals surface area (Å²) in [5.41, 5.74) is 3.28. The van der Waals surface area contributed by atoms with Gasteiger partial charge in [0, 0.05) is 19.4 Å². The molecule has 0 aliphatic heterocycles. The summed E-state index contributed by atoms with van der Waals surface area (Å²) in [5, 5.41) is 7.01. The van der Waals surface area contributed by atoms with Gasteiger partial charge in [0.2, 0.25) is 0 Å². The number of nitrogens with one attached hydrogen (secondary N) is 2. The van der Waals surface area contributed by atoms with Gasteiger partial charge in [0.25, 0.3) is 0 Å². The Labute approximate surface area is 81.3 Å². The minimum atomic E-state index is 0.458. The molecule has 0 fully saturated rings. The lowest BCUT2D eigenvalue weighted by molar-refractivity contribution is 0.979. The molecule has 13 heavy (non-hydrogen) atoms. The zero-order chi connectivity index (χ0) is 9.52. The van der Waals surface area contributed by atoms with Crippen LogP contribution in [0, 0.1) is 0 Å². The molecule has 0 aliphatic rings.